The molecule has 1 aliphatic heterocycles. The molecule has 2 atom stereocenters. The first kappa shape index (κ1) is 17.2. The van der Waals surface area contributed by atoms with E-state index in [1.54, 1.807) is 11.8 Å². The second-order valence-electron chi connectivity index (χ2n) is 6.04. The summed E-state index contributed by atoms with van der Waals surface area (Å²) in [4.78, 5) is 14.2. The minimum absolute atomic E-state index is 0.105. The summed E-state index contributed by atoms with van der Waals surface area (Å²) in [5, 5.41) is 12.0. The van der Waals surface area contributed by atoms with E-state index in [1.165, 1.54) is 5.69 Å². The molecule has 4 nitrogen and oxygen atoms in total. The SMILES string of the molecule is CC(CO)CSCC(=O)NCC1CCN(c2ccccc2)C1. The van der Waals surface area contributed by atoms with Gasteiger partial charge in [0.05, 0.1) is 5.75 Å². The molecule has 0 bridgehead atoms. The van der Waals surface area contributed by atoms with E-state index in [0.29, 0.717) is 11.7 Å². The second-order valence-corrected chi connectivity index (χ2v) is 7.07. The van der Waals surface area contributed by atoms with Crippen LogP contribution >= 0.6 is 11.8 Å². The van der Waals surface area contributed by atoms with E-state index < -0.39 is 0 Å². The summed E-state index contributed by atoms with van der Waals surface area (Å²) >= 11 is 1.59. The summed E-state index contributed by atoms with van der Waals surface area (Å²) in [6.07, 6.45) is 1.13. The van der Waals surface area contributed by atoms with Crippen LogP contribution in [0.25, 0.3) is 0 Å². The van der Waals surface area contributed by atoms with Gasteiger partial charge >= 0.3 is 0 Å². The van der Waals surface area contributed by atoms with Crippen LogP contribution in [0.5, 0.6) is 0 Å². The fourth-order valence-electron chi connectivity index (χ4n) is 2.59. The molecule has 2 N–H and O–H groups in total. The van der Waals surface area contributed by atoms with Gasteiger partial charge < -0.3 is 15.3 Å². The molecule has 1 amide bonds. The lowest BCUT2D eigenvalue weighted by Gasteiger charge is -2.18. The number of carbonyl (C=O) groups is 1. The van der Waals surface area contributed by atoms with Crippen LogP contribution in [0, 0.1) is 11.8 Å². The van der Waals surface area contributed by atoms with Crippen LogP contribution in [0.15, 0.2) is 30.3 Å². The zero-order valence-electron chi connectivity index (χ0n) is 13.2. The molecule has 1 aromatic carbocycles. The van der Waals surface area contributed by atoms with Gasteiger partial charge in [0.15, 0.2) is 0 Å². The maximum Gasteiger partial charge on any atom is 0.230 e. The molecule has 0 radical (unpaired) electrons. The molecule has 0 aromatic heterocycles. The third-order valence-electron chi connectivity index (χ3n) is 3.94. The molecule has 0 spiro atoms. The molecule has 0 aliphatic carbocycles. The fraction of sp³-hybridized carbons (Fsp3) is 0.588. The number of aliphatic hydroxyl groups excluding tert-OH is 1. The summed E-state index contributed by atoms with van der Waals surface area (Å²) in [5.74, 6) is 2.21. The van der Waals surface area contributed by atoms with E-state index in [0.717, 1.165) is 31.8 Å². The first-order valence-electron chi connectivity index (χ1n) is 7.94. The van der Waals surface area contributed by atoms with E-state index in [9.17, 15) is 4.79 Å². The number of carbonyl (C=O) groups excluding carboxylic acids is 1. The predicted molar refractivity (Wildman–Crippen MR) is 93.3 cm³/mol. The van der Waals surface area contributed by atoms with Crippen molar-refractivity contribution in [1.29, 1.82) is 0 Å². The molecule has 1 aromatic rings. The van der Waals surface area contributed by atoms with Gasteiger partial charge in [0, 0.05) is 31.9 Å². The Morgan fingerprint density at radius 2 is 2.23 bits per heavy atom. The lowest BCUT2D eigenvalue weighted by atomic mass is 10.1. The average molecular weight is 322 g/mol. The van der Waals surface area contributed by atoms with E-state index >= 15 is 0 Å². The molecule has 2 unspecified atom stereocenters. The Hall–Kier alpha value is -1.20. The van der Waals surface area contributed by atoms with Crippen molar-refractivity contribution in [2.75, 3.05) is 42.6 Å². The summed E-state index contributed by atoms with van der Waals surface area (Å²) in [5.41, 5.74) is 1.27. The van der Waals surface area contributed by atoms with Gasteiger partial charge in [0.25, 0.3) is 0 Å². The van der Waals surface area contributed by atoms with Crippen molar-refractivity contribution in [3.63, 3.8) is 0 Å². The monoisotopic (exact) mass is 322 g/mol. The molecule has 1 aliphatic rings. The number of amides is 1. The van der Waals surface area contributed by atoms with Crippen LogP contribution in [-0.2, 0) is 4.79 Å². The van der Waals surface area contributed by atoms with Crippen molar-refractivity contribution in [3.8, 4) is 0 Å². The number of thioether (sulfide) groups is 1. The maximum absolute atomic E-state index is 11.8. The Bertz CT molecular complexity index is 455. The topological polar surface area (TPSA) is 52.6 Å². The van der Waals surface area contributed by atoms with Crippen molar-refractivity contribution < 1.29 is 9.90 Å². The van der Waals surface area contributed by atoms with E-state index in [2.05, 4.69) is 34.5 Å². The highest BCUT2D eigenvalue weighted by atomic mass is 32.2. The minimum Gasteiger partial charge on any atom is -0.396 e. The van der Waals surface area contributed by atoms with Gasteiger partial charge in [0.2, 0.25) is 5.91 Å². The normalized spacial score (nSPS) is 19.2. The number of benzene rings is 1. The Morgan fingerprint density at radius 3 is 2.95 bits per heavy atom. The Kier molecular flexibility index (Phi) is 7.06. The van der Waals surface area contributed by atoms with E-state index in [4.69, 9.17) is 5.11 Å². The lowest BCUT2D eigenvalue weighted by Crippen LogP contribution is -2.32. The highest BCUT2D eigenvalue weighted by molar-refractivity contribution is 7.99. The van der Waals surface area contributed by atoms with Crippen LogP contribution in [-0.4, -0.2) is 48.8 Å². The maximum atomic E-state index is 11.8. The van der Waals surface area contributed by atoms with Gasteiger partial charge in [-0.3, -0.25) is 4.79 Å². The molecule has 0 saturated carbocycles. The molecule has 1 fully saturated rings. The number of nitrogens with one attached hydrogen (secondary N) is 1. The summed E-state index contributed by atoms with van der Waals surface area (Å²) < 4.78 is 0. The number of nitrogens with zero attached hydrogens (tertiary/aromatic N) is 1. The van der Waals surface area contributed by atoms with Crippen molar-refractivity contribution in [1.82, 2.24) is 5.32 Å². The molecular weight excluding hydrogens is 296 g/mol. The van der Waals surface area contributed by atoms with Gasteiger partial charge in [-0.05, 0) is 36.1 Å². The third kappa shape index (κ3) is 5.54. The lowest BCUT2D eigenvalue weighted by molar-refractivity contribution is -0.118. The average Bonchev–Trinajstić information content (AvgIpc) is 3.02. The molecule has 5 heteroatoms. The first-order chi connectivity index (χ1) is 10.7. The van der Waals surface area contributed by atoms with E-state index in [-0.39, 0.29) is 18.4 Å². The van der Waals surface area contributed by atoms with Gasteiger partial charge in [-0.15, -0.1) is 0 Å². The number of anilines is 1. The molecule has 22 heavy (non-hydrogen) atoms. The second kappa shape index (κ2) is 9.06. The molecule has 1 saturated heterocycles. The number of para-hydroxylation sites is 1. The van der Waals surface area contributed by atoms with Gasteiger partial charge in [-0.2, -0.15) is 11.8 Å². The number of aliphatic hydroxyl groups is 1. The third-order valence-corrected chi connectivity index (χ3v) is 5.21. The quantitative estimate of drug-likeness (QED) is 0.768. The largest absolute Gasteiger partial charge is 0.396 e. The zero-order valence-corrected chi connectivity index (χ0v) is 14.0. The van der Waals surface area contributed by atoms with Crippen LogP contribution in [0.3, 0.4) is 0 Å². The Morgan fingerprint density at radius 1 is 1.45 bits per heavy atom. The molecule has 2 rings (SSSR count). The fourth-order valence-corrected chi connectivity index (χ4v) is 3.50. The van der Waals surface area contributed by atoms with Crippen molar-refractivity contribution in [3.05, 3.63) is 30.3 Å². The van der Waals surface area contributed by atoms with Crippen molar-refractivity contribution in [2.45, 2.75) is 13.3 Å². The molecule has 1 heterocycles. The van der Waals surface area contributed by atoms with Gasteiger partial charge in [-0.25, -0.2) is 0 Å². The van der Waals surface area contributed by atoms with Gasteiger partial charge in [-0.1, -0.05) is 25.1 Å². The number of rotatable bonds is 8. The van der Waals surface area contributed by atoms with Crippen LogP contribution in [0.4, 0.5) is 5.69 Å². The zero-order chi connectivity index (χ0) is 15.8. The standard InChI is InChI=1S/C17H26N2O2S/c1-14(11-20)12-22-13-17(21)18-9-15-7-8-19(10-15)16-5-3-2-4-6-16/h2-6,14-15,20H,7-13H2,1H3,(H,18,21). The highest BCUT2D eigenvalue weighted by Gasteiger charge is 2.22. The highest BCUT2D eigenvalue weighted by Crippen LogP contribution is 2.22. The first-order valence-corrected chi connectivity index (χ1v) is 9.09. The number of hydrogen-bond acceptors (Lipinski definition) is 4. The smallest absolute Gasteiger partial charge is 0.230 e. The summed E-state index contributed by atoms with van der Waals surface area (Å²) in [6.45, 7) is 5.01. The molecule has 122 valence electrons. The Balaban J connectivity index is 1.63. The summed E-state index contributed by atoms with van der Waals surface area (Å²) in [7, 11) is 0. The summed E-state index contributed by atoms with van der Waals surface area (Å²) in [6, 6.07) is 10.4. The van der Waals surface area contributed by atoms with Crippen molar-refractivity contribution in [2.24, 2.45) is 11.8 Å². The van der Waals surface area contributed by atoms with Crippen molar-refractivity contribution >= 4 is 23.4 Å². The predicted octanol–water partition coefficient (Wildman–Crippen LogP) is 1.99. The minimum atomic E-state index is 0.105. The van der Waals surface area contributed by atoms with Crippen LogP contribution < -0.4 is 10.2 Å². The number of hydrogen-bond donors (Lipinski definition) is 2. The van der Waals surface area contributed by atoms with E-state index in [1.807, 2.05) is 13.0 Å². The van der Waals surface area contributed by atoms with Crippen LogP contribution in [0.2, 0.25) is 0 Å². The Labute approximate surface area is 137 Å². The van der Waals surface area contributed by atoms with Gasteiger partial charge in [0.1, 0.15) is 0 Å². The molecular formula is C17H26N2O2S. The van der Waals surface area contributed by atoms with Crippen LogP contribution in [0.1, 0.15) is 13.3 Å².